The molecular weight excluding hydrogens is 474 g/mol. The summed E-state index contributed by atoms with van der Waals surface area (Å²) in [6, 6.07) is 20.2. The van der Waals surface area contributed by atoms with Gasteiger partial charge in [0.1, 0.15) is 0 Å². The van der Waals surface area contributed by atoms with Gasteiger partial charge in [-0.15, -0.1) is 0 Å². The number of allylic oxidation sites excluding steroid dienone is 4. The maximum atomic E-state index is 14.6. The van der Waals surface area contributed by atoms with E-state index in [1.165, 1.54) is 35.6 Å². The average molecular weight is 515 g/mol. The Kier molecular flexibility index (Phi) is 10.3. The topological polar surface area (TPSA) is 9.23 Å². The van der Waals surface area contributed by atoms with Gasteiger partial charge in [0.2, 0.25) is 5.82 Å². The molecular formula is C35H40F2O. The molecule has 1 saturated carbocycles. The number of hydrogen-bond donors (Lipinski definition) is 0. The van der Waals surface area contributed by atoms with E-state index in [1.807, 2.05) is 12.1 Å². The Labute approximate surface area is 227 Å². The van der Waals surface area contributed by atoms with Crippen LogP contribution in [0.5, 0.6) is 5.75 Å². The van der Waals surface area contributed by atoms with Crippen LogP contribution in [0, 0.1) is 17.6 Å². The Morgan fingerprint density at radius 3 is 2.00 bits per heavy atom. The first-order valence-electron chi connectivity index (χ1n) is 14.2. The quantitative estimate of drug-likeness (QED) is 0.231. The van der Waals surface area contributed by atoms with Gasteiger partial charge in [-0.2, -0.15) is 4.39 Å². The summed E-state index contributed by atoms with van der Waals surface area (Å²) in [4.78, 5) is 0. The van der Waals surface area contributed by atoms with Crippen molar-refractivity contribution in [1.29, 1.82) is 0 Å². The van der Waals surface area contributed by atoms with Gasteiger partial charge < -0.3 is 4.74 Å². The van der Waals surface area contributed by atoms with Crippen LogP contribution in [0.2, 0.25) is 0 Å². The minimum Gasteiger partial charge on any atom is -0.491 e. The van der Waals surface area contributed by atoms with Crippen molar-refractivity contribution < 1.29 is 13.5 Å². The largest absolute Gasteiger partial charge is 0.491 e. The van der Waals surface area contributed by atoms with Crippen molar-refractivity contribution in [3.05, 3.63) is 113 Å². The minimum atomic E-state index is -0.923. The highest BCUT2D eigenvalue weighted by Gasteiger charge is 2.21. The summed E-state index contributed by atoms with van der Waals surface area (Å²) in [5.41, 5.74) is 5.06. The number of ether oxygens (including phenoxy) is 1. The normalized spacial score (nSPS) is 17.9. The molecule has 3 heteroatoms. The maximum absolute atomic E-state index is 14.6. The highest BCUT2D eigenvalue weighted by molar-refractivity contribution is 5.65. The van der Waals surface area contributed by atoms with E-state index in [0.717, 1.165) is 38.5 Å². The van der Waals surface area contributed by atoms with Crippen molar-refractivity contribution in [1.82, 2.24) is 0 Å². The fourth-order valence-electron chi connectivity index (χ4n) is 5.43. The second-order valence-corrected chi connectivity index (χ2v) is 10.3. The maximum Gasteiger partial charge on any atom is 0.201 e. The third kappa shape index (κ3) is 7.43. The number of benzene rings is 3. The molecule has 0 N–H and O–H groups in total. The van der Waals surface area contributed by atoms with Crippen LogP contribution in [0.15, 0.2) is 85.0 Å². The van der Waals surface area contributed by atoms with E-state index >= 15 is 0 Å². The van der Waals surface area contributed by atoms with E-state index in [9.17, 15) is 8.78 Å². The fourth-order valence-corrected chi connectivity index (χ4v) is 5.43. The lowest BCUT2D eigenvalue weighted by molar-refractivity contribution is 0.314. The summed E-state index contributed by atoms with van der Waals surface area (Å²) in [7, 11) is 0. The van der Waals surface area contributed by atoms with Crippen LogP contribution in [0.1, 0.15) is 75.0 Å². The second kappa shape index (κ2) is 14.1. The smallest absolute Gasteiger partial charge is 0.201 e. The van der Waals surface area contributed by atoms with Crippen molar-refractivity contribution in [2.24, 2.45) is 5.92 Å². The molecule has 3 aromatic carbocycles. The molecule has 0 saturated heterocycles. The number of rotatable bonds is 11. The molecule has 1 aliphatic rings. The first-order chi connectivity index (χ1) is 18.6. The lowest BCUT2D eigenvalue weighted by atomic mass is 9.78. The molecule has 38 heavy (non-hydrogen) atoms. The van der Waals surface area contributed by atoms with E-state index in [1.54, 1.807) is 13.0 Å². The predicted molar refractivity (Wildman–Crippen MR) is 155 cm³/mol. The molecule has 0 heterocycles. The van der Waals surface area contributed by atoms with Crippen molar-refractivity contribution >= 4 is 0 Å². The van der Waals surface area contributed by atoms with E-state index in [0.29, 0.717) is 24.0 Å². The number of halogens is 2. The summed E-state index contributed by atoms with van der Waals surface area (Å²) < 4.78 is 34.1. The molecule has 0 aromatic heterocycles. The van der Waals surface area contributed by atoms with Gasteiger partial charge in [-0.1, -0.05) is 72.8 Å². The zero-order chi connectivity index (χ0) is 26.7. The Bertz CT molecular complexity index is 1200. The zero-order valence-electron chi connectivity index (χ0n) is 22.8. The second-order valence-electron chi connectivity index (χ2n) is 10.3. The van der Waals surface area contributed by atoms with Gasteiger partial charge in [-0.25, -0.2) is 4.39 Å². The standard InChI is InChI=1S/C35H40F2O/c1-3-5-6-9-26-12-14-27(15-13-26)10-7-8-11-28-16-18-29(19-17-28)30-20-22-31(23-21-30)32-24-25-33(38-4-2)35(37)34(32)36/h3,5,8,11-15,20-25,28-29H,4,6-7,9-10,16-19H2,1-2H3/b5-3+,11-8+. The molecule has 1 aliphatic carbocycles. The summed E-state index contributed by atoms with van der Waals surface area (Å²) >= 11 is 0. The molecule has 0 unspecified atom stereocenters. The van der Waals surface area contributed by atoms with Gasteiger partial charge in [0, 0.05) is 5.56 Å². The summed E-state index contributed by atoms with van der Waals surface area (Å²) in [6.45, 7) is 4.12. The van der Waals surface area contributed by atoms with Crippen molar-refractivity contribution in [3.63, 3.8) is 0 Å². The molecule has 0 atom stereocenters. The molecule has 200 valence electrons. The molecule has 0 spiro atoms. The Balaban J connectivity index is 1.23. The third-order valence-corrected chi connectivity index (χ3v) is 7.68. The molecule has 0 aliphatic heterocycles. The molecule has 1 fully saturated rings. The Morgan fingerprint density at radius 1 is 0.763 bits per heavy atom. The van der Waals surface area contributed by atoms with Gasteiger partial charge in [-0.05, 0) is 111 Å². The van der Waals surface area contributed by atoms with E-state index in [4.69, 9.17) is 4.74 Å². The summed E-state index contributed by atoms with van der Waals surface area (Å²) in [5, 5.41) is 0. The highest BCUT2D eigenvalue weighted by Crippen LogP contribution is 2.37. The van der Waals surface area contributed by atoms with Crippen LogP contribution >= 0.6 is 0 Å². The van der Waals surface area contributed by atoms with Crippen LogP contribution in [-0.4, -0.2) is 6.61 Å². The van der Waals surface area contributed by atoms with Crippen LogP contribution < -0.4 is 4.74 Å². The van der Waals surface area contributed by atoms with Crippen LogP contribution in [-0.2, 0) is 12.8 Å². The van der Waals surface area contributed by atoms with Crippen LogP contribution in [0.3, 0.4) is 0 Å². The number of hydrogen-bond acceptors (Lipinski definition) is 1. The highest BCUT2D eigenvalue weighted by atomic mass is 19.2. The van der Waals surface area contributed by atoms with Gasteiger partial charge in [-0.3, -0.25) is 0 Å². The first kappa shape index (κ1) is 27.8. The summed E-state index contributed by atoms with van der Waals surface area (Å²) in [5.74, 6) is -0.634. The SMILES string of the molecule is C/C=C/CCc1ccc(CC/C=C/C2CCC(c3ccc(-c4ccc(OCC)c(F)c4F)cc3)CC2)cc1. The molecule has 3 aromatic rings. The Hall–Kier alpha value is -3.20. The average Bonchev–Trinajstić information content (AvgIpc) is 2.95. The lowest BCUT2D eigenvalue weighted by Crippen LogP contribution is -2.11. The predicted octanol–water partition coefficient (Wildman–Crippen LogP) is 10.0. The molecule has 0 amide bonds. The zero-order valence-corrected chi connectivity index (χ0v) is 22.8. The third-order valence-electron chi connectivity index (χ3n) is 7.68. The lowest BCUT2D eigenvalue weighted by Gasteiger charge is -2.27. The van der Waals surface area contributed by atoms with E-state index < -0.39 is 11.6 Å². The van der Waals surface area contributed by atoms with Gasteiger partial charge in [0.15, 0.2) is 11.6 Å². The van der Waals surface area contributed by atoms with E-state index in [-0.39, 0.29) is 11.3 Å². The molecule has 0 bridgehead atoms. The summed E-state index contributed by atoms with van der Waals surface area (Å²) in [6.07, 6.45) is 18.2. The van der Waals surface area contributed by atoms with Crippen molar-refractivity contribution in [2.45, 2.75) is 71.1 Å². The molecule has 1 nitrogen and oxygen atoms in total. The van der Waals surface area contributed by atoms with Crippen LogP contribution in [0.4, 0.5) is 8.78 Å². The number of aryl methyl sites for hydroxylation is 2. The molecule has 0 radical (unpaired) electrons. The monoisotopic (exact) mass is 514 g/mol. The van der Waals surface area contributed by atoms with Gasteiger partial charge in [0.05, 0.1) is 6.61 Å². The van der Waals surface area contributed by atoms with Crippen molar-refractivity contribution in [3.8, 4) is 16.9 Å². The minimum absolute atomic E-state index is 0.0407. The first-order valence-corrected chi connectivity index (χ1v) is 14.2. The fraction of sp³-hybridized carbons (Fsp3) is 0.371. The van der Waals surface area contributed by atoms with Crippen molar-refractivity contribution in [2.75, 3.05) is 6.61 Å². The Morgan fingerprint density at radius 2 is 1.39 bits per heavy atom. The van der Waals surface area contributed by atoms with Gasteiger partial charge >= 0.3 is 0 Å². The molecule has 4 rings (SSSR count). The van der Waals surface area contributed by atoms with E-state index in [2.05, 4.69) is 67.6 Å². The van der Waals surface area contributed by atoms with Gasteiger partial charge in [0.25, 0.3) is 0 Å². The van der Waals surface area contributed by atoms with Crippen LogP contribution in [0.25, 0.3) is 11.1 Å².